The first kappa shape index (κ1) is 13.9. The van der Waals surface area contributed by atoms with Crippen molar-refractivity contribution in [3.05, 3.63) is 28.0 Å². The molecular weight excluding hydrogens is 240 g/mol. The maximum atomic E-state index is 11.5. The molecule has 0 spiro atoms. The number of carbonyl (C=O) groups is 2. The zero-order valence-corrected chi connectivity index (χ0v) is 10.1. The van der Waals surface area contributed by atoms with E-state index in [1.165, 1.54) is 6.07 Å². The van der Waals surface area contributed by atoms with Crippen molar-refractivity contribution in [1.82, 2.24) is 5.32 Å². The number of nitro groups is 1. The summed E-state index contributed by atoms with van der Waals surface area (Å²) in [5.41, 5.74) is 0. The van der Waals surface area contributed by atoms with Crippen LogP contribution in [0.25, 0.3) is 0 Å². The minimum atomic E-state index is -0.735. The van der Waals surface area contributed by atoms with Crippen LogP contribution in [0, 0.1) is 16.0 Å². The molecule has 0 bridgehead atoms. The van der Waals surface area contributed by atoms with E-state index in [-0.39, 0.29) is 24.0 Å². The molecule has 18 heavy (non-hydrogen) atoms. The van der Waals surface area contributed by atoms with E-state index >= 15 is 0 Å². The average molecular weight is 254 g/mol. The summed E-state index contributed by atoms with van der Waals surface area (Å²) in [6, 6.07) is 2.28. The largest absolute Gasteiger partial charge is 0.433 e. The van der Waals surface area contributed by atoms with Crippen molar-refractivity contribution in [3.63, 3.8) is 0 Å². The van der Waals surface area contributed by atoms with E-state index in [2.05, 4.69) is 5.32 Å². The second-order valence-corrected chi connectivity index (χ2v) is 4.21. The standard InChI is InChI=1S/C11H14N2O5/c1-7(2)5-8(14)6-12-11(15)9-3-4-10(18-9)13(16)17/h3-4,7H,5-6H2,1-2H3,(H,12,15). The summed E-state index contributed by atoms with van der Waals surface area (Å²) in [4.78, 5) is 32.5. The van der Waals surface area contributed by atoms with Gasteiger partial charge in [-0.3, -0.25) is 19.7 Å². The van der Waals surface area contributed by atoms with Crippen molar-refractivity contribution in [3.8, 4) is 0 Å². The van der Waals surface area contributed by atoms with E-state index in [0.29, 0.717) is 6.42 Å². The van der Waals surface area contributed by atoms with Crippen LogP contribution in [0.2, 0.25) is 0 Å². The second-order valence-electron chi connectivity index (χ2n) is 4.21. The fourth-order valence-corrected chi connectivity index (χ4v) is 1.34. The van der Waals surface area contributed by atoms with Crippen LogP contribution in [0.15, 0.2) is 16.5 Å². The smallest absolute Gasteiger partial charge is 0.395 e. The molecule has 1 rings (SSSR count). The van der Waals surface area contributed by atoms with Gasteiger partial charge in [-0.2, -0.15) is 0 Å². The monoisotopic (exact) mass is 254 g/mol. The summed E-state index contributed by atoms with van der Waals surface area (Å²) >= 11 is 0. The average Bonchev–Trinajstić information content (AvgIpc) is 2.74. The Bertz CT molecular complexity index is 464. The highest BCUT2D eigenvalue weighted by molar-refractivity contribution is 5.94. The van der Waals surface area contributed by atoms with Gasteiger partial charge in [-0.25, -0.2) is 0 Å². The molecule has 0 aliphatic carbocycles. The summed E-state index contributed by atoms with van der Waals surface area (Å²) in [5.74, 6) is -1.20. The Morgan fingerprint density at radius 3 is 2.61 bits per heavy atom. The number of hydrogen-bond acceptors (Lipinski definition) is 5. The third-order valence-corrected chi connectivity index (χ3v) is 2.08. The normalized spacial score (nSPS) is 10.4. The molecule has 1 heterocycles. The number of hydrogen-bond donors (Lipinski definition) is 1. The van der Waals surface area contributed by atoms with Crippen molar-refractivity contribution in [2.75, 3.05) is 6.54 Å². The number of amides is 1. The molecule has 1 N–H and O–H groups in total. The van der Waals surface area contributed by atoms with E-state index in [9.17, 15) is 19.7 Å². The van der Waals surface area contributed by atoms with E-state index < -0.39 is 16.7 Å². The van der Waals surface area contributed by atoms with Gasteiger partial charge in [0, 0.05) is 6.42 Å². The zero-order valence-electron chi connectivity index (χ0n) is 10.1. The van der Waals surface area contributed by atoms with E-state index in [4.69, 9.17) is 4.42 Å². The lowest BCUT2D eigenvalue weighted by molar-refractivity contribution is -0.402. The molecule has 0 aliphatic rings. The minimum Gasteiger partial charge on any atom is -0.395 e. The summed E-state index contributed by atoms with van der Waals surface area (Å²) in [5, 5.41) is 12.7. The van der Waals surface area contributed by atoms with Crippen LogP contribution >= 0.6 is 0 Å². The first-order valence-corrected chi connectivity index (χ1v) is 5.44. The summed E-state index contributed by atoms with van der Waals surface area (Å²) in [6.07, 6.45) is 0.374. The topological polar surface area (TPSA) is 102 Å². The van der Waals surface area contributed by atoms with Crippen LogP contribution in [0.3, 0.4) is 0 Å². The fourth-order valence-electron chi connectivity index (χ4n) is 1.34. The molecule has 1 aromatic rings. The molecule has 0 unspecified atom stereocenters. The quantitative estimate of drug-likeness (QED) is 0.612. The van der Waals surface area contributed by atoms with Crippen molar-refractivity contribution in [2.45, 2.75) is 20.3 Å². The van der Waals surface area contributed by atoms with Crippen LogP contribution in [0.1, 0.15) is 30.8 Å². The molecule has 0 saturated carbocycles. The summed E-state index contributed by atoms with van der Waals surface area (Å²) in [6.45, 7) is 3.69. The number of nitrogens with one attached hydrogen (secondary N) is 1. The van der Waals surface area contributed by atoms with Crippen molar-refractivity contribution < 1.29 is 18.9 Å². The molecule has 0 aliphatic heterocycles. The maximum Gasteiger partial charge on any atom is 0.433 e. The van der Waals surface area contributed by atoms with Gasteiger partial charge in [0.05, 0.1) is 12.6 Å². The Labute approximate surface area is 103 Å². The highest BCUT2D eigenvalue weighted by atomic mass is 16.6. The predicted molar refractivity (Wildman–Crippen MR) is 62.2 cm³/mol. The van der Waals surface area contributed by atoms with Crippen molar-refractivity contribution in [2.24, 2.45) is 5.92 Å². The lowest BCUT2D eigenvalue weighted by Gasteiger charge is -2.04. The van der Waals surface area contributed by atoms with E-state index in [1.807, 2.05) is 13.8 Å². The van der Waals surface area contributed by atoms with Gasteiger partial charge in [0.25, 0.3) is 5.91 Å². The van der Waals surface area contributed by atoms with Gasteiger partial charge in [-0.1, -0.05) is 13.8 Å². The van der Waals surface area contributed by atoms with Gasteiger partial charge < -0.3 is 9.73 Å². The third kappa shape index (κ3) is 4.00. The molecule has 0 fully saturated rings. The molecule has 0 radical (unpaired) electrons. The second kappa shape index (κ2) is 5.95. The Kier molecular flexibility index (Phi) is 4.59. The van der Waals surface area contributed by atoms with Gasteiger partial charge in [0.2, 0.25) is 0 Å². The van der Waals surface area contributed by atoms with Crippen LogP contribution in [-0.4, -0.2) is 23.2 Å². The Balaban J connectivity index is 2.50. The van der Waals surface area contributed by atoms with Gasteiger partial charge >= 0.3 is 5.88 Å². The van der Waals surface area contributed by atoms with E-state index in [0.717, 1.165) is 6.07 Å². The van der Waals surface area contributed by atoms with Gasteiger partial charge in [0.1, 0.15) is 4.92 Å². The SMILES string of the molecule is CC(C)CC(=O)CNC(=O)c1ccc([N+](=O)[O-])o1. The Morgan fingerprint density at radius 1 is 1.44 bits per heavy atom. The lowest BCUT2D eigenvalue weighted by Crippen LogP contribution is -2.29. The number of Topliss-reactive ketones (excluding diaryl/α,β-unsaturated/α-hetero) is 1. The van der Waals surface area contributed by atoms with Crippen LogP contribution in [0.5, 0.6) is 0 Å². The van der Waals surface area contributed by atoms with Crippen LogP contribution < -0.4 is 5.32 Å². The number of furan rings is 1. The predicted octanol–water partition coefficient (Wildman–Crippen LogP) is 1.53. The molecule has 0 atom stereocenters. The number of nitrogens with zero attached hydrogens (tertiary/aromatic N) is 1. The third-order valence-electron chi connectivity index (χ3n) is 2.08. The first-order chi connectivity index (χ1) is 8.40. The first-order valence-electron chi connectivity index (χ1n) is 5.44. The summed E-state index contributed by atoms with van der Waals surface area (Å²) < 4.78 is 4.70. The molecule has 7 nitrogen and oxygen atoms in total. The highest BCUT2D eigenvalue weighted by Gasteiger charge is 2.17. The van der Waals surface area contributed by atoms with E-state index in [1.54, 1.807) is 0 Å². The molecule has 1 amide bonds. The lowest BCUT2D eigenvalue weighted by atomic mass is 10.1. The fraction of sp³-hybridized carbons (Fsp3) is 0.455. The Morgan fingerprint density at radius 2 is 2.11 bits per heavy atom. The Hall–Kier alpha value is -2.18. The zero-order chi connectivity index (χ0) is 13.7. The van der Waals surface area contributed by atoms with Gasteiger partial charge in [0.15, 0.2) is 11.5 Å². The highest BCUT2D eigenvalue weighted by Crippen LogP contribution is 2.15. The van der Waals surface area contributed by atoms with Crippen LogP contribution in [0.4, 0.5) is 5.88 Å². The maximum absolute atomic E-state index is 11.5. The van der Waals surface area contributed by atoms with Gasteiger partial charge in [-0.15, -0.1) is 0 Å². The molecular formula is C11H14N2O5. The molecule has 0 saturated heterocycles. The van der Waals surface area contributed by atoms with Gasteiger partial charge in [-0.05, 0) is 12.0 Å². The molecule has 98 valence electrons. The number of ketones is 1. The van der Waals surface area contributed by atoms with Crippen LogP contribution in [-0.2, 0) is 4.79 Å². The minimum absolute atomic E-state index is 0.0978. The van der Waals surface area contributed by atoms with Crippen molar-refractivity contribution in [1.29, 1.82) is 0 Å². The number of carbonyl (C=O) groups excluding carboxylic acids is 2. The molecule has 1 aromatic heterocycles. The molecule has 0 aromatic carbocycles. The molecule has 7 heteroatoms. The van der Waals surface area contributed by atoms with Crippen molar-refractivity contribution >= 4 is 17.6 Å². The summed E-state index contributed by atoms with van der Waals surface area (Å²) in [7, 11) is 0. The number of rotatable bonds is 6.